The van der Waals surface area contributed by atoms with Crippen molar-refractivity contribution in [2.75, 3.05) is 26.7 Å². The van der Waals surface area contributed by atoms with Gasteiger partial charge in [0.05, 0.1) is 12.0 Å². The Balaban J connectivity index is 1.86. The van der Waals surface area contributed by atoms with Crippen molar-refractivity contribution < 1.29 is 18.1 Å². The molecule has 8 nitrogen and oxygen atoms in total. The van der Waals surface area contributed by atoms with Gasteiger partial charge in [-0.25, -0.2) is 13.1 Å². The van der Waals surface area contributed by atoms with Crippen molar-refractivity contribution in [3.8, 4) is 5.75 Å². The molecular weight excluding hydrogens is 418 g/mol. The fourth-order valence-corrected chi connectivity index (χ4v) is 4.82. The molecule has 0 saturated carbocycles. The molecule has 1 atom stereocenters. The van der Waals surface area contributed by atoms with Gasteiger partial charge < -0.3 is 4.74 Å². The van der Waals surface area contributed by atoms with Gasteiger partial charge in [-0.15, -0.1) is 0 Å². The molecule has 0 unspecified atom stereocenters. The van der Waals surface area contributed by atoms with E-state index in [0.717, 1.165) is 43.6 Å². The van der Waals surface area contributed by atoms with Crippen molar-refractivity contribution in [3.63, 3.8) is 0 Å². The van der Waals surface area contributed by atoms with Crippen molar-refractivity contribution in [2.24, 2.45) is 0 Å². The van der Waals surface area contributed by atoms with Crippen LogP contribution in [0, 0.1) is 10.1 Å². The largest absolute Gasteiger partial charge is 0.497 e. The first-order chi connectivity index (χ1) is 13.8. The van der Waals surface area contributed by atoms with Gasteiger partial charge in [0.25, 0.3) is 5.69 Å². The van der Waals surface area contributed by atoms with E-state index in [1.807, 2.05) is 24.3 Å². The van der Waals surface area contributed by atoms with Crippen LogP contribution in [0.25, 0.3) is 0 Å². The highest BCUT2D eigenvalue weighted by Gasteiger charge is 2.29. The normalized spacial score (nSPS) is 15.9. The standard InChI is InChI=1S/C19H22ClN3O5S/c1-28-16-7-4-14(5-8-16)18(22-10-2-3-11-22)13-21-29(26,27)19-9-6-15(20)12-17(19)23(24)25/h4-9,12,18,21H,2-3,10-11,13H2,1H3/t18-/m1/s1. The molecule has 0 spiro atoms. The fourth-order valence-electron chi connectivity index (χ4n) is 3.46. The Bertz CT molecular complexity index is 976. The van der Waals surface area contributed by atoms with Crippen LogP contribution in [0.5, 0.6) is 5.75 Å². The van der Waals surface area contributed by atoms with Gasteiger partial charge in [-0.05, 0) is 55.8 Å². The average molecular weight is 440 g/mol. The Morgan fingerprint density at radius 2 is 1.86 bits per heavy atom. The molecule has 1 saturated heterocycles. The topological polar surface area (TPSA) is 102 Å². The molecule has 1 heterocycles. The molecule has 1 aliphatic heterocycles. The third-order valence-electron chi connectivity index (χ3n) is 4.96. The quantitative estimate of drug-likeness (QED) is 0.499. The molecule has 1 aliphatic rings. The van der Waals surface area contributed by atoms with Crippen LogP contribution in [-0.4, -0.2) is 45.0 Å². The van der Waals surface area contributed by atoms with E-state index in [-0.39, 0.29) is 17.6 Å². The highest BCUT2D eigenvalue weighted by Crippen LogP contribution is 2.29. The predicted octanol–water partition coefficient (Wildman–Crippen LogP) is 3.37. The smallest absolute Gasteiger partial charge is 0.290 e. The Morgan fingerprint density at radius 3 is 2.45 bits per heavy atom. The van der Waals surface area contributed by atoms with Gasteiger partial charge in [-0.3, -0.25) is 15.0 Å². The second kappa shape index (κ2) is 9.08. The lowest BCUT2D eigenvalue weighted by Gasteiger charge is -2.28. The van der Waals surface area contributed by atoms with Crippen LogP contribution in [0.1, 0.15) is 24.4 Å². The maximum Gasteiger partial charge on any atom is 0.290 e. The highest BCUT2D eigenvalue weighted by molar-refractivity contribution is 7.89. The van der Waals surface area contributed by atoms with E-state index >= 15 is 0 Å². The SMILES string of the molecule is COc1ccc([C@@H](CNS(=O)(=O)c2ccc(Cl)cc2[N+](=O)[O-])N2CCCC2)cc1. The van der Waals surface area contributed by atoms with Crippen molar-refractivity contribution >= 4 is 27.3 Å². The van der Waals surface area contributed by atoms with E-state index in [1.54, 1.807) is 7.11 Å². The molecule has 0 bridgehead atoms. The number of nitro benzene ring substituents is 1. The number of methoxy groups -OCH3 is 1. The number of ether oxygens (including phenoxy) is 1. The minimum atomic E-state index is -4.10. The van der Waals surface area contributed by atoms with E-state index in [4.69, 9.17) is 16.3 Å². The van der Waals surface area contributed by atoms with Gasteiger partial charge >= 0.3 is 0 Å². The van der Waals surface area contributed by atoms with Crippen LogP contribution >= 0.6 is 11.6 Å². The Labute approximate surface area is 174 Å². The van der Waals surface area contributed by atoms with Gasteiger partial charge in [-0.2, -0.15) is 0 Å². The zero-order valence-electron chi connectivity index (χ0n) is 15.9. The Morgan fingerprint density at radius 1 is 1.21 bits per heavy atom. The number of sulfonamides is 1. The number of nitro groups is 1. The summed E-state index contributed by atoms with van der Waals surface area (Å²) in [5.74, 6) is 0.714. The molecule has 3 rings (SSSR count). The molecule has 10 heteroatoms. The highest BCUT2D eigenvalue weighted by atomic mass is 35.5. The van der Waals surface area contributed by atoms with Crippen LogP contribution in [0.2, 0.25) is 5.02 Å². The molecule has 29 heavy (non-hydrogen) atoms. The Hall–Kier alpha value is -2.20. The van der Waals surface area contributed by atoms with E-state index in [2.05, 4.69) is 9.62 Å². The zero-order chi connectivity index (χ0) is 21.0. The summed E-state index contributed by atoms with van der Waals surface area (Å²) in [6, 6.07) is 10.8. The first-order valence-corrected chi connectivity index (χ1v) is 11.0. The lowest BCUT2D eigenvalue weighted by Crippen LogP contribution is -2.37. The lowest BCUT2D eigenvalue weighted by atomic mass is 10.1. The first kappa shape index (κ1) is 21.5. The lowest BCUT2D eigenvalue weighted by molar-refractivity contribution is -0.387. The van der Waals surface area contributed by atoms with Gasteiger partial charge in [0.2, 0.25) is 10.0 Å². The van der Waals surface area contributed by atoms with Gasteiger partial charge in [0.15, 0.2) is 4.90 Å². The molecule has 2 aromatic rings. The predicted molar refractivity (Wildman–Crippen MR) is 110 cm³/mol. The molecular formula is C19H22ClN3O5S. The maximum atomic E-state index is 12.8. The van der Waals surface area contributed by atoms with Crippen LogP contribution in [0.3, 0.4) is 0 Å². The molecule has 156 valence electrons. The van der Waals surface area contributed by atoms with Crippen LogP contribution in [-0.2, 0) is 10.0 Å². The van der Waals surface area contributed by atoms with Crippen molar-refractivity contribution in [1.82, 2.24) is 9.62 Å². The summed E-state index contributed by atoms with van der Waals surface area (Å²) < 4.78 is 33.4. The summed E-state index contributed by atoms with van der Waals surface area (Å²) in [7, 11) is -2.52. The minimum absolute atomic E-state index is 0.0917. The third kappa shape index (κ3) is 5.05. The number of nitrogens with zero attached hydrogens (tertiary/aromatic N) is 2. The third-order valence-corrected chi connectivity index (χ3v) is 6.66. The summed E-state index contributed by atoms with van der Waals surface area (Å²) in [6.07, 6.45) is 2.09. The van der Waals surface area contributed by atoms with E-state index in [9.17, 15) is 18.5 Å². The van der Waals surface area contributed by atoms with E-state index in [0.29, 0.717) is 5.75 Å². The summed E-state index contributed by atoms with van der Waals surface area (Å²) in [6.45, 7) is 1.81. The number of hydrogen-bond acceptors (Lipinski definition) is 6. The van der Waals surface area contributed by atoms with E-state index < -0.39 is 25.5 Å². The summed E-state index contributed by atoms with van der Waals surface area (Å²) >= 11 is 5.79. The van der Waals surface area contributed by atoms with Gasteiger partial charge in [0.1, 0.15) is 5.75 Å². The molecule has 2 aromatic carbocycles. The molecule has 1 N–H and O–H groups in total. The number of benzene rings is 2. The summed E-state index contributed by atoms with van der Waals surface area (Å²) in [5, 5.41) is 11.4. The number of nitrogens with one attached hydrogen (secondary N) is 1. The average Bonchev–Trinajstić information content (AvgIpc) is 3.22. The molecule has 1 fully saturated rings. The van der Waals surface area contributed by atoms with Crippen molar-refractivity contribution in [1.29, 1.82) is 0 Å². The maximum absolute atomic E-state index is 12.8. The molecule has 0 radical (unpaired) electrons. The summed E-state index contributed by atoms with van der Waals surface area (Å²) in [4.78, 5) is 12.3. The number of halogens is 1. The van der Waals surface area contributed by atoms with Gasteiger partial charge in [0, 0.05) is 23.7 Å². The molecule has 0 aromatic heterocycles. The van der Waals surface area contributed by atoms with Crippen molar-refractivity contribution in [3.05, 3.63) is 63.2 Å². The number of rotatable bonds is 8. The molecule has 0 amide bonds. The zero-order valence-corrected chi connectivity index (χ0v) is 17.4. The van der Waals surface area contributed by atoms with E-state index in [1.165, 1.54) is 6.07 Å². The number of likely N-dealkylation sites (tertiary alicyclic amines) is 1. The first-order valence-electron chi connectivity index (χ1n) is 9.13. The second-order valence-electron chi connectivity index (χ2n) is 6.75. The number of hydrogen-bond donors (Lipinski definition) is 1. The van der Waals surface area contributed by atoms with Crippen molar-refractivity contribution in [2.45, 2.75) is 23.8 Å². The van der Waals surface area contributed by atoms with Crippen LogP contribution < -0.4 is 9.46 Å². The Kier molecular flexibility index (Phi) is 6.74. The summed E-state index contributed by atoms with van der Waals surface area (Å²) in [5.41, 5.74) is 0.396. The minimum Gasteiger partial charge on any atom is -0.497 e. The van der Waals surface area contributed by atoms with Crippen LogP contribution in [0.4, 0.5) is 5.69 Å². The monoisotopic (exact) mass is 439 g/mol. The fraction of sp³-hybridized carbons (Fsp3) is 0.368. The van der Waals surface area contributed by atoms with Gasteiger partial charge in [-0.1, -0.05) is 23.7 Å². The second-order valence-corrected chi connectivity index (χ2v) is 8.92. The molecule has 0 aliphatic carbocycles. The van der Waals surface area contributed by atoms with Crippen LogP contribution in [0.15, 0.2) is 47.4 Å².